The fraction of sp³-hybridized carbons (Fsp3) is 0.545. The van der Waals surface area contributed by atoms with Gasteiger partial charge in [-0.3, -0.25) is 9.36 Å². The van der Waals surface area contributed by atoms with Crippen molar-refractivity contribution in [3.05, 3.63) is 51.9 Å². The summed E-state index contributed by atoms with van der Waals surface area (Å²) in [6, 6.07) is 9.71. The number of benzene rings is 1. The van der Waals surface area contributed by atoms with Crippen LogP contribution in [-0.4, -0.2) is 22.3 Å². The first-order valence-electron chi connectivity index (χ1n) is 10.1. The molecule has 2 aliphatic rings. The number of aromatic nitrogens is 2. The fourth-order valence-electron chi connectivity index (χ4n) is 4.18. The summed E-state index contributed by atoms with van der Waals surface area (Å²) in [5.74, 6) is 1.45. The van der Waals surface area contributed by atoms with Gasteiger partial charge in [0, 0.05) is 6.07 Å². The molecular weight excluding hydrogens is 359 g/mol. The molecule has 0 spiro atoms. The van der Waals surface area contributed by atoms with Gasteiger partial charge in [0.1, 0.15) is 18.0 Å². The molecule has 5 nitrogen and oxygen atoms in total. The molecule has 0 saturated heterocycles. The smallest absolute Gasteiger partial charge is 0.300 e. The highest BCUT2D eigenvalue weighted by molar-refractivity contribution is 5.30. The van der Waals surface area contributed by atoms with E-state index in [1.54, 1.807) is 4.57 Å². The summed E-state index contributed by atoms with van der Waals surface area (Å²) in [7, 11) is 0. The predicted molar refractivity (Wildman–Crippen MR) is 105 cm³/mol. The Morgan fingerprint density at radius 3 is 2.61 bits per heavy atom. The Bertz CT molecular complexity index is 880. The van der Waals surface area contributed by atoms with Crippen LogP contribution < -0.4 is 15.0 Å². The first kappa shape index (κ1) is 19.0. The van der Waals surface area contributed by atoms with Crippen LogP contribution in [0.5, 0.6) is 11.8 Å². The maximum Gasteiger partial charge on any atom is 0.300 e. The van der Waals surface area contributed by atoms with Crippen molar-refractivity contribution in [2.75, 3.05) is 6.61 Å². The zero-order valence-corrected chi connectivity index (χ0v) is 16.5. The monoisotopic (exact) mass is 386 g/mol. The molecule has 0 radical (unpaired) electrons. The van der Waals surface area contributed by atoms with Gasteiger partial charge in [-0.1, -0.05) is 31.4 Å². The molecule has 4 rings (SSSR count). The van der Waals surface area contributed by atoms with Crippen LogP contribution >= 0.6 is 0 Å². The van der Waals surface area contributed by atoms with Crippen molar-refractivity contribution in [1.29, 1.82) is 0 Å². The molecule has 1 aromatic carbocycles. The normalized spacial score (nSPS) is 19.9. The quantitative estimate of drug-likeness (QED) is 0.767. The standard InChI is InChI=1S/C22H27FN2O3/c1-22(2,23)19-12-20(26)24-21-25(19)13-18(28-21)14-27-17-10-8-16(9-11-17)15-6-4-3-5-7-15/h8-12,15,18H,3-7,13-14H2,1-2H3. The summed E-state index contributed by atoms with van der Waals surface area (Å²) < 4.78 is 27.7. The molecule has 2 heterocycles. The Hall–Kier alpha value is -2.37. The molecule has 1 unspecified atom stereocenters. The van der Waals surface area contributed by atoms with Crippen molar-refractivity contribution < 1.29 is 13.9 Å². The highest BCUT2D eigenvalue weighted by atomic mass is 19.1. The van der Waals surface area contributed by atoms with Gasteiger partial charge in [-0.05, 0) is 50.3 Å². The van der Waals surface area contributed by atoms with Crippen LogP contribution in [0.3, 0.4) is 0 Å². The zero-order chi connectivity index (χ0) is 19.7. The number of rotatable bonds is 5. The van der Waals surface area contributed by atoms with E-state index in [4.69, 9.17) is 9.47 Å². The minimum atomic E-state index is -1.65. The Labute approximate surface area is 164 Å². The summed E-state index contributed by atoms with van der Waals surface area (Å²) in [6.07, 6.45) is 6.21. The minimum Gasteiger partial charge on any atom is -0.490 e. The lowest BCUT2D eigenvalue weighted by Crippen LogP contribution is -2.25. The molecule has 1 aliphatic heterocycles. The molecule has 1 aromatic heterocycles. The summed E-state index contributed by atoms with van der Waals surface area (Å²) in [5, 5.41) is 0. The lowest BCUT2D eigenvalue weighted by molar-refractivity contribution is 0.143. The third-order valence-electron chi connectivity index (χ3n) is 5.65. The third-order valence-corrected chi connectivity index (χ3v) is 5.65. The number of alkyl halides is 1. The largest absolute Gasteiger partial charge is 0.490 e. The second kappa shape index (κ2) is 7.57. The van der Waals surface area contributed by atoms with E-state index in [2.05, 4.69) is 17.1 Å². The topological polar surface area (TPSA) is 53.4 Å². The lowest BCUT2D eigenvalue weighted by Gasteiger charge is -2.22. The van der Waals surface area contributed by atoms with Crippen LogP contribution in [0.1, 0.15) is 63.1 Å². The van der Waals surface area contributed by atoms with Gasteiger partial charge < -0.3 is 9.47 Å². The van der Waals surface area contributed by atoms with Crippen molar-refractivity contribution >= 4 is 0 Å². The van der Waals surface area contributed by atoms with E-state index in [-0.39, 0.29) is 17.8 Å². The SMILES string of the molecule is CC(C)(F)c1cc(=O)nc2n1CC(COc1ccc(C3CCCCC3)cc1)O2. The number of fused-ring (bicyclic) bond motifs is 1. The second-order valence-electron chi connectivity index (χ2n) is 8.30. The average Bonchev–Trinajstić information content (AvgIpc) is 3.08. The fourth-order valence-corrected chi connectivity index (χ4v) is 4.18. The summed E-state index contributed by atoms with van der Waals surface area (Å²) in [4.78, 5) is 15.6. The zero-order valence-electron chi connectivity index (χ0n) is 16.5. The van der Waals surface area contributed by atoms with E-state index in [9.17, 15) is 9.18 Å². The van der Waals surface area contributed by atoms with Crippen LogP contribution in [0.15, 0.2) is 35.1 Å². The van der Waals surface area contributed by atoms with Gasteiger partial charge in [-0.2, -0.15) is 4.98 Å². The first-order chi connectivity index (χ1) is 13.4. The number of halogens is 1. The van der Waals surface area contributed by atoms with Gasteiger partial charge in [0.2, 0.25) is 0 Å². The molecule has 0 N–H and O–H groups in total. The first-order valence-corrected chi connectivity index (χ1v) is 10.1. The Morgan fingerprint density at radius 2 is 1.93 bits per heavy atom. The van der Waals surface area contributed by atoms with E-state index >= 15 is 0 Å². The van der Waals surface area contributed by atoms with Gasteiger partial charge in [0.15, 0.2) is 6.10 Å². The number of nitrogens with zero attached hydrogens (tertiary/aromatic N) is 2. The number of hydrogen-bond acceptors (Lipinski definition) is 4. The highest BCUT2D eigenvalue weighted by Gasteiger charge is 2.32. The molecular formula is C22H27FN2O3. The molecule has 1 atom stereocenters. The molecule has 0 amide bonds. The van der Waals surface area contributed by atoms with E-state index in [1.807, 2.05) is 12.1 Å². The van der Waals surface area contributed by atoms with E-state index < -0.39 is 11.2 Å². The molecule has 1 fully saturated rings. The van der Waals surface area contributed by atoms with Gasteiger partial charge in [0.25, 0.3) is 5.56 Å². The minimum absolute atomic E-state index is 0.162. The van der Waals surface area contributed by atoms with Crippen LogP contribution in [0.4, 0.5) is 4.39 Å². The molecule has 0 bridgehead atoms. The Morgan fingerprint density at radius 1 is 1.21 bits per heavy atom. The number of hydrogen-bond donors (Lipinski definition) is 0. The Kier molecular flexibility index (Phi) is 5.13. The molecule has 6 heteroatoms. The van der Waals surface area contributed by atoms with Crippen LogP contribution in [0.2, 0.25) is 0 Å². The van der Waals surface area contributed by atoms with Gasteiger partial charge in [0.05, 0.1) is 12.2 Å². The van der Waals surface area contributed by atoms with E-state index in [0.29, 0.717) is 19.1 Å². The summed E-state index contributed by atoms with van der Waals surface area (Å²) >= 11 is 0. The van der Waals surface area contributed by atoms with Crippen molar-refractivity contribution in [2.24, 2.45) is 0 Å². The molecule has 150 valence electrons. The van der Waals surface area contributed by atoms with Gasteiger partial charge in [-0.15, -0.1) is 0 Å². The van der Waals surface area contributed by atoms with Crippen LogP contribution in [0, 0.1) is 0 Å². The molecule has 1 aliphatic carbocycles. The molecule has 1 saturated carbocycles. The van der Waals surface area contributed by atoms with Crippen molar-refractivity contribution in [3.63, 3.8) is 0 Å². The summed E-state index contributed by atoms with van der Waals surface area (Å²) in [6.45, 7) is 3.57. The van der Waals surface area contributed by atoms with Crippen LogP contribution in [-0.2, 0) is 12.2 Å². The van der Waals surface area contributed by atoms with Crippen molar-refractivity contribution in [1.82, 2.24) is 9.55 Å². The van der Waals surface area contributed by atoms with Gasteiger partial charge >= 0.3 is 6.01 Å². The van der Waals surface area contributed by atoms with Crippen LogP contribution in [0.25, 0.3) is 0 Å². The van der Waals surface area contributed by atoms with E-state index in [1.165, 1.54) is 57.6 Å². The molecule has 2 aromatic rings. The maximum absolute atomic E-state index is 14.5. The molecule has 28 heavy (non-hydrogen) atoms. The number of ether oxygens (including phenoxy) is 2. The summed E-state index contributed by atoms with van der Waals surface area (Å²) in [5.41, 5.74) is -0.479. The predicted octanol–water partition coefficient (Wildman–Crippen LogP) is 4.34. The highest BCUT2D eigenvalue weighted by Crippen LogP contribution is 2.33. The average molecular weight is 386 g/mol. The Balaban J connectivity index is 1.39. The maximum atomic E-state index is 14.5. The lowest BCUT2D eigenvalue weighted by atomic mass is 9.84. The van der Waals surface area contributed by atoms with Gasteiger partial charge in [-0.25, -0.2) is 4.39 Å². The van der Waals surface area contributed by atoms with Crippen molar-refractivity contribution in [3.8, 4) is 11.8 Å². The second-order valence-corrected chi connectivity index (χ2v) is 8.30. The third kappa shape index (κ3) is 4.05. The van der Waals surface area contributed by atoms with E-state index in [0.717, 1.165) is 5.75 Å². The van der Waals surface area contributed by atoms with Crippen molar-refractivity contribution in [2.45, 2.75) is 70.2 Å².